The third kappa shape index (κ3) is 2.83. The smallest absolute Gasteiger partial charge is 0.246 e. The van der Waals surface area contributed by atoms with Gasteiger partial charge in [-0.05, 0) is 74.2 Å². The van der Waals surface area contributed by atoms with Gasteiger partial charge in [0.05, 0.1) is 12.5 Å². The first-order chi connectivity index (χ1) is 13.8. The average molecular weight is 401 g/mol. The van der Waals surface area contributed by atoms with E-state index in [-0.39, 0.29) is 28.6 Å². The molecular formula is C24H36N2O3. The molecular weight excluding hydrogens is 364 g/mol. The molecule has 2 amide bonds. The molecule has 1 unspecified atom stereocenters. The van der Waals surface area contributed by atoms with Crippen molar-refractivity contribution in [1.82, 2.24) is 10.2 Å². The van der Waals surface area contributed by atoms with E-state index in [9.17, 15) is 9.59 Å². The van der Waals surface area contributed by atoms with Crippen molar-refractivity contribution < 1.29 is 14.3 Å². The quantitative estimate of drug-likeness (QED) is 0.775. The first-order valence-corrected chi connectivity index (χ1v) is 11.7. The summed E-state index contributed by atoms with van der Waals surface area (Å²) in [7, 11) is 1.98. The van der Waals surface area contributed by atoms with E-state index in [0.717, 1.165) is 25.9 Å². The van der Waals surface area contributed by atoms with Crippen LogP contribution in [0.3, 0.4) is 0 Å². The summed E-state index contributed by atoms with van der Waals surface area (Å²) in [6, 6.07) is 0.642. The number of rotatable bonds is 2. The van der Waals surface area contributed by atoms with E-state index < -0.39 is 0 Å². The Labute approximate surface area is 174 Å². The molecule has 3 saturated carbocycles. The largest absolute Gasteiger partial charge is 0.381 e. The molecule has 0 aromatic carbocycles. The third-order valence-corrected chi connectivity index (χ3v) is 9.74. The minimum Gasteiger partial charge on any atom is -0.381 e. The molecule has 8 atom stereocenters. The lowest BCUT2D eigenvalue weighted by Gasteiger charge is -2.60. The molecule has 29 heavy (non-hydrogen) atoms. The lowest BCUT2D eigenvalue weighted by Crippen LogP contribution is -2.60. The van der Waals surface area contributed by atoms with Crippen molar-refractivity contribution in [2.75, 3.05) is 20.3 Å². The first kappa shape index (κ1) is 19.6. The van der Waals surface area contributed by atoms with Crippen LogP contribution >= 0.6 is 0 Å². The van der Waals surface area contributed by atoms with Crippen molar-refractivity contribution in [2.45, 2.75) is 70.9 Å². The molecule has 2 heterocycles. The van der Waals surface area contributed by atoms with Gasteiger partial charge in [0.1, 0.15) is 0 Å². The summed E-state index contributed by atoms with van der Waals surface area (Å²) in [5.41, 5.74) is 0.301. The summed E-state index contributed by atoms with van der Waals surface area (Å²) in [5.74, 6) is 2.44. The highest BCUT2D eigenvalue weighted by atomic mass is 16.5. The zero-order valence-corrected chi connectivity index (χ0v) is 18.2. The number of nitrogens with zero attached hydrogens (tertiary/aromatic N) is 1. The molecule has 5 heteroatoms. The van der Waals surface area contributed by atoms with E-state index in [1.165, 1.54) is 25.7 Å². The number of carbonyl (C=O) groups excluding carboxylic acids is 2. The predicted molar refractivity (Wildman–Crippen MR) is 111 cm³/mol. The average Bonchev–Trinajstić information content (AvgIpc) is 3.34. The molecule has 0 spiro atoms. The lowest BCUT2D eigenvalue weighted by molar-refractivity contribution is -0.138. The van der Waals surface area contributed by atoms with Crippen molar-refractivity contribution in [3.63, 3.8) is 0 Å². The van der Waals surface area contributed by atoms with Gasteiger partial charge in [0.2, 0.25) is 11.8 Å². The minimum atomic E-state index is 0.0452. The highest BCUT2D eigenvalue weighted by molar-refractivity contribution is 5.89. The molecule has 0 aromatic rings. The second-order valence-corrected chi connectivity index (χ2v) is 10.9. The van der Waals surface area contributed by atoms with E-state index in [2.05, 4.69) is 25.2 Å². The van der Waals surface area contributed by atoms with Gasteiger partial charge in [-0.25, -0.2) is 0 Å². The number of ether oxygens (including phenoxy) is 1. The Hall–Kier alpha value is -1.36. The second-order valence-electron chi connectivity index (χ2n) is 10.9. The van der Waals surface area contributed by atoms with Gasteiger partial charge < -0.3 is 15.0 Å². The van der Waals surface area contributed by atoms with Crippen LogP contribution < -0.4 is 5.32 Å². The van der Waals surface area contributed by atoms with Crippen LogP contribution in [0.1, 0.15) is 58.8 Å². The topological polar surface area (TPSA) is 58.6 Å². The zero-order valence-electron chi connectivity index (χ0n) is 18.2. The van der Waals surface area contributed by atoms with Gasteiger partial charge in [-0.3, -0.25) is 9.59 Å². The number of carbonyl (C=O) groups is 2. The summed E-state index contributed by atoms with van der Waals surface area (Å²) in [6.07, 6.45) is 12.0. The van der Waals surface area contributed by atoms with Gasteiger partial charge >= 0.3 is 0 Å². The van der Waals surface area contributed by atoms with Gasteiger partial charge in [-0.2, -0.15) is 0 Å². The SMILES string of the molecule is CN1C(=O)C=C[C@]2(C)[C@H]3CC[C@]4(C)[C@@H](NC(=O)C5CCOC5)CC[C@H]4[C@@H]3CC[C@@H]12. The van der Waals surface area contributed by atoms with Crippen molar-refractivity contribution in [3.8, 4) is 0 Å². The van der Waals surface area contributed by atoms with Gasteiger partial charge in [-0.15, -0.1) is 0 Å². The second kappa shape index (κ2) is 6.83. The number of likely N-dealkylation sites (N-methyl/N-ethyl adjacent to an activating group) is 1. The molecule has 1 N–H and O–H groups in total. The standard InChI is InChI=1S/C24H36N2O3/c1-23-11-8-18-16(4-7-20-24(18,2)12-9-21(27)26(20)3)17(23)5-6-19(23)25-22(28)15-10-13-29-14-15/h9,12,15-20H,4-8,10-11,13-14H2,1-3H3,(H,25,28)/t15?,16-,17-,18-,19-,20+,23-,24+/m0/s1. The molecule has 4 fully saturated rings. The fourth-order valence-corrected chi connectivity index (χ4v) is 8.01. The van der Waals surface area contributed by atoms with Crippen LogP contribution in [0.2, 0.25) is 0 Å². The lowest BCUT2D eigenvalue weighted by atomic mass is 9.48. The summed E-state index contributed by atoms with van der Waals surface area (Å²) in [4.78, 5) is 27.0. The van der Waals surface area contributed by atoms with E-state index in [0.29, 0.717) is 36.4 Å². The Kier molecular flexibility index (Phi) is 4.61. The molecule has 0 aromatic heterocycles. The molecule has 1 saturated heterocycles. The van der Waals surface area contributed by atoms with E-state index in [1.54, 1.807) is 0 Å². The zero-order chi connectivity index (χ0) is 20.4. The van der Waals surface area contributed by atoms with Gasteiger partial charge in [-0.1, -0.05) is 19.9 Å². The fourth-order valence-electron chi connectivity index (χ4n) is 8.01. The maximum Gasteiger partial charge on any atom is 0.246 e. The molecule has 5 aliphatic rings. The monoisotopic (exact) mass is 400 g/mol. The molecule has 3 aliphatic carbocycles. The molecule has 0 radical (unpaired) electrons. The van der Waals surface area contributed by atoms with Crippen LogP contribution in [-0.4, -0.2) is 49.1 Å². The Morgan fingerprint density at radius 2 is 1.97 bits per heavy atom. The number of fused-ring (bicyclic) bond motifs is 5. The predicted octanol–water partition coefficient (Wildman–Crippen LogP) is 3.15. The summed E-state index contributed by atoms with van der Waals surface area (Å²) >= 11 is 0. The molecule has 5 nitrogen and oxygen atoms in total. The molecule has 2 aliphatic heterocycles. The molecule has 0 bridgehead atoms. The third-order valence-electron chi connectivity index (χ3n) is 9.74. The molecule has 5 rings (SSSR count). The maximum atomic E-state index is 12.8. The van der Waals surface area contributed by atoms with Crippen LogP contribution in [-0.2, 0) is 14.3 Å². The summed E-state index contributed by atoms with van der Waals surface area (Å²) in [5, 5.41) is 3.45. The number of amides is 2. The fraction of sp³-hybridized carbons (Fsp3) is 0.833. The van der Waals surface area contributed by atoms with Crippen molar-refractivity contribution in [3.05, 3.63) is 12.2 Å². The number of hydrogen-bond acceptors (Lipinski definition) is 3. The van der Waals surface area contributed by atoms with Crippen molar-refractivity contribution in [2.24, 2.45) is 34.5 Å². The molecule has 160 valence electrons. The van der Waals surface area contributed by atoms with E-state index in [1.807, 2.05) is 18.0 Å². The highest BCUT2D eigenvalue weighted by Gasteiger charge is 2.60. The Balaban J connectivity index is 1.35. The number of hydrogen-bond donors (Lipinski definition) is 1. The minimum absolute atomic E-state index is 0.0452. The summed E-state index contributed by atoms with van der Waals surface area (Å²) < 4.78 is 5.43. The van der Waals surface area contributed by atoms with Crippen LogP contribution in [0, 0.1) is 34.5 Å². The van der Waals surface area contributed by atoms with Gasteiger partial charge in [0.15, 0.2) is 0 Å². The van der Waals surface area contributed by atoms with Gasteiger partial charge in [0, 0.05) is 31.2 Å². The maximum absolute atomic E-state index is 12.8. The van der Waals surface area contributed by atoms with Crippen LogP contribution in [0.15, 0.2) is 12.2 Å². The highest BCUT2D eigenvalue weighted by Crippen LogP contribution is 2.63. The Bertz CT molecular complexity index is 730. The van der Waals surface area contributed by atoms with Crippen LogP contribution in [0.4, 0.5) is 0 Å². The number of nitrogens with one attached hydrogen (secondary N) is 1. The Morgan fingerprint density at radius 3 is 2.72 bits per heavy atom. The Morgan fingerprint density at radius 1 is 1.14 bits per heavy atom. The van der Waals surface area contributed by atoms with E-state index >= 15 is 0 Å². The first-order valence-electron chi connectivity index (χ1n) is 11.7. The summed E-state index contributed by atoms with van der Waals surface area (Å²) in [6.45, 7) is 6.14. The van der Waals surface area contributed by atoms with Crippen LogP contribution in [0.25, 0.3) is 0 Å². The van der Waals surface area contributed by atoms with Crippen molar-refractivity contribution in [1.29, 1.82) is 0 Å². The van der Waals surface area contributed by atoms with Gasteiger partial charge in [0.25, 0.3) is 0 Å². The van der Waals surface area contributed by atoms with Crippen LogP contribution in [0.5, 0.6) is 0 Å². The van der Waals surface area contributed by atoms with E-state index in [4.69, 9.17) is 4.74 Å². The van der Waals surface area contributed by atoms with Crippen molar-refractivity contribution >= 4 is 11.8 Å². The normalized spacial score (nSPS) is 48.8.